The van der Waals surface area contributed by atoms with E-state index in [0.29, 0.717) is 0 Å². The van der Waals surface area contributed by atoms with Crippen molar-refractivity contribution in [2.75, 3.05) is 0 Å². The molecule has 1 rings (SSSR count). The van der Waals surface area contributed by atoms with E-state index in [-0.39, 0.29) is 12.1 Å². The van der Waals surface area contributed by atoms with Crippen molar-refractivity contribution in [2.24, 2.45) is 5.84 Å². The number of aliphatic hydroxyl groups is 1. The molecule has 1 aliphatic carbocycles. The van der Waals surface area contributed by atoms with E-state index in [1.54, 1.807) is 0 Å². The first-order chi connectivity index (χ1) is 5.34. The lowest BCUT2D eigenvalue weighted by atomic mass is 9.95. The lowest BCUT2D eigenvalue weighted by molar-refractivity contribution is 0.104. The first kappa shape index (κ1) is 8.97. The van der Waals surface area contributed by atoms with Gasteiger partial charge >= 0.3 is 0 Å². The number of hydrogen-bond acceptors (Lipinski definition) is 3. The summed E-state index contributed by atoms with van der Waals surface area (Å²) in [5.41, 5.74) is 2.67. The Balaban J connectivity index is 2.33. The van der Waals surface area contributed by atoms with Gasteiger partial charge in [-0.25, -0.2) is 0 Å². The van der Waals surface area contributed by atoms with E-state index in [4.69, 9.17) is 5.84 Å². The molecule has 0 aromatic rings. The molecule has 1 aliphatic rings. The van der Waals surface area contributed by atoms with Crippen LogP contribution in [0.1, 0.15) is 38.5 Å². The normalized spacial score (nSPS) is 34.4. The Morgan fingerprint density at radius 3 is 2.36 bits per heavy atom. The summed E-state index contributed by atoms with van der Waals surface area (Å²) in [6.07, 6.45) is 6.54. The summed E-state index contributed by atoms with van der Waals surface area (Å²) in [5.74, 6) is 5.30. The largest absolute Gasteiger partial charge is 0.391 e. The molecule has 3 nitrogen and oxygen atoms in total. The first-order valence-corrected chi connectivity index (χ1v) is 4.49. The van der Waals surface area contributed by atoms with Gasteiger partial charge in [0, 0.05) is 6.04 Å². The first-order valence-electron chi connectivity index (χ1n) is 4.49. The molecular formula is C8H18N2O. The maximum Gasteiger partial charge on any atom is 0.0706 e. The molecule has 0 aliphatic heterocycles. The van der Waals surface area contributed by atoms with Crippen LogP contribution >= 0.6 is 0 Å². The minimum Gasteiger partial charge on any atom is -0.391 e. The van der Waals surface area contributed by atoms with Crippen LogP contribution in [-0.2, 0) is 0 Å². The number of hydrazine groups is 1. The Kier molecular flexibility index (Phi) is 3.83. The summed E-state index contributed by atoms with van der Waals surface area (Å²) in [7, 11) is 0. The van der Waals surface area contributed by atoms with Crippen LogP contribution in [0.25, 0.3) is 0 Å². The fourth-order valence-corrected chi connectivity index (χ4v) is 1.66. The van der Waals surface area contributed by atoms with Crippen molar-refractivity contribution in [1.82, 2.24) is 5.43 Å². The van der Waals surface area contributed by atoms with Crippen LogP contribution in [0.4, 0.5) is 0 Å². The van der Waals surface area contributed by atoms with Crippen LogP contribution in [0.3, 0.4) is 0 Å². The third-order valence-corrected chi connectivity index (χ3v) is 2.44. The minimum atomic E-state index is -0.236. The SMILES string of the molecule is NN[C@@H]1CCCCCC[C@H]1O. The summed E-state index contributed by atoms with van der Waals surface area (Å²) in [6, 6.07) is 0.121. The van der Waals surface area contributed by atoms with Crippen LogP contribution in [-0.4, -0.2) is 17.3 Å². The molecule has 4 N–H and O–H groups in total. The second-order valence-corrected chi connectivity index (χ2v) is 3.33. The van der Waals surface area contributed by atoms with Crippen LogP contribution in [0, 0.1) is 0 Å². The Labute approximate surface area is 67.9 Å². The quantitative estimate of drug-likeness (QED) is 0.385. The van der Waals surface area contributed by atoms with E-state index >= 15 is 0 Å². The Bertz CT molecular complexity index is 108. The number of nitrogens with two attached hydrogens (primary N) is 1. The number of aliphatic hydroxyl groups excluding tert-OH is 1. The molecule has 0 unspecified atom stereocenters. The second-order valence-electron chi connectivity index (χ2n) is 3.33. The van der Waals surface area contributed by atoms with Gasteiger partial charge in [-0.2, -0.15) is 0 Å². The predicted molar refractivity (Wildman–Crippen MR) is 44.8 cm³/mol. The number of nitrogens with one attached hydrogen (secondary N) is 1. The highest BCUT2D eigenvalue weighted by atomic mass is 16.3. The van der Waals surface area contributed by atoms with Gasteiger partial charge < -0.3 is 5.11 Å². The summed E-state index contributed by atoms with van der Waals surface area (Å²) >= 11 is 0. The van der Waals surface area contributed by atoms with Gasteiger partial charge in [-0.1, -0.05) is 25.7 Å². The van der Waals surface area contributed by atoms with Gasteiger partial charge in [0.15, 0.2) is 0 Å². The molecule has 0 radical (unpaired) electrons. The molecule has 1 saturated carbocycles. The zero-order chi connectivity index (χ0) is 8.10. The van der Waals surface area contributed by atoms with Crippen molar-refractivity contribution in [3.63, 3.8) is 0 Å². The predicted octanol–water partition coefficient (Wildman–Crippen LogP) is 0.533. The molecule has 1 fully saturated rings. The average molecular weight is 158 g/mol. The van der Waals surface area contributed by atoms with Crippen LogP contribution in [0.2, 0.25) is 0 Å². The van der Waals surface area contributed by atoms with Crippen molar-refractivity contribution in [1.29, 1.82) is 0 Å². The van der Waals surface area contributed by atoms with E-state index in [1.807, 2.05) is 0 Å². The van der Waals surface area contributed by atoms with Crippen LogP contribution < -0.4 is 11.3 Å². The maximum absolute atomic E-state index is 9.53. The highest BCUT2D eigenvalue weighted by Gasteiger charge is 2.18. The van der Waals surface area contributed by atoms with Gasteiger partial charge in [-0.15, -0.1) is 0 Å². The zero-order valence-corrected chi connectivity index (χ0v) is 6.92. The van der Waals surface area contributed by atoms with Crippen molar-refractivity contribution >= 4 is 0 Å². The molecule has 0 aromatic heterocycles. The van der Waals surface area contributed by atoms with E-state index in [9.17, 15) is 5.11 Å². The molecule has 66 valence electrons. The summed E-state index contributed by atoms with van der Waals surface area (Å²) < 4.78 is 0. The van der Waals surface area contributed by atoms with Gasteiger partial charge in [-0.3, -0.25) is 11.3 Å². The second kappa shape index (κ2) is 4.70. The standard InChI is InChI=1S/C8H18N2O/c9-10-7-5-3-1-2-4-6-8(7)11/h7-8,10-11H,1-6,9H2/t7-,8-/m1/s1. The summed E-state index contributed by atoms with van der Waals surface area (Å²) in [4.78, 5) is 0. The van der Waals surface area contributed by atoms with Crippen LogP contribution in [0.5, 0.6) is 0 Å². The molecule has 0 amide bonds. The highest BCUT2D eigenvalue weighted by Crippen LogP contribution is 2.16. The van der Waals surface area contributed by atoms with Gasteiger partial charge in [0.05, 0.1) is 6.10 Å². The van der Waals surface area contributed by atoms with Crippen molar-refractivity contribution in [3.05, 3.63) is 0 Å². The molecule has 0 heterocycles. The van der Waals surface area contributed by atoms with Gasteiger partial charge in [0.2, 0.25) is 0 Å². The van der Waals surface area contributed by atoms with Gasteiger partial charge in [-0.05, 0) is 12.8 Å². The topological polar surface area (TPSA) is 58.3 Å². The Hall–Kier alpha value is -0.120. The van der Waals surface area contributed by atoms with E-state index < -0.39 is 0 Å². The molecule has 2 atom stereocenters. The third kappa shape index (κ3) is 2.77. The monoisotopic (exact) mass is 158 g/mol. The Morgan fingerprint density at radius 2 is 1.73 bits per heavy atom. The maximum atomic E-state index is 9.53. The fourth-order valence-electron chi connectivity index (χ4n) is 1.66. The number of hydrogen-bond donors (Lipinski definition) is 3. The smallest absolute Gasteiger partial charge is 0.0706 e. The van der Waals surface area contributed by atoms with Crippen molar-refractivity contribution in [2.45, 2.75) is 50.7 Å². The lowest BCUT2D eigenvalue weighted by Crippen LogP contribution is -2.44. The highest BCUT2D eigenvalue weighted by molar-refractivity contribution is 4.75. The van der Waals surface area contributed by atoms with E-state index in [0.717, 1.165) is 19.3 Å². The molecule has 0 saturated heterocycles. The van der Waals surface area contributed by atoms with Crippen molar-refractivity contribution in [3.8, 4) is 0 Å². The lowest BCUT2D eigenvalue weighted by Gasteiger charge is -2.24. The summed E-state index contributed by atoms with van der Waals surface area (Å²) in [5, 5.41) is 9.53. The van der Waals surface area contributed by atoms with E-state index in [1.165, 1.54) is 19.3 Å². The molecular weight excluding hydrogens is 140 g/mol. The van der Waals surface area contributed by atoms with Crippen LogP contribution in [0.15, 0.2) is 0 Å². The molecule has 0 aromatic carbocycles. The number of rotatable bonds is 1. The fraction of sp³-hybridized carbons (Fsp3) is 1.00. The molecule has 0 bridgehead atoms. The van der Waals surface area contributed by atoms with Crippen molar-refractivity contribution < 1.29 is 5.11 Å². The third-order valence-electron chi connectivity index (χ3n) is 2.44. The average Bonchev–Trinajstić information content (AvgIpc) is 1.98. The molecule has 0 spiro atoms. The minimum absolute atomic E-state index is 0.121. The zero-order valence-electron chi connectivity index (χ0n) is 6.92. The van der Waals surface area contributed by atoms with Gasteiger partial charge in [0.1, 0.15) is 0 Å². The van der Waals surface area contributed by atoms with Gasteiger partial charge in [0.25, 0.3) is 0 Å². The molecule has 3 heteroatoms. The Morgan fingerprint density at radius 1 is 1.09 bits per heavy atom. The van der Waals surface area contributed by atoms with E-state index in [2.05, 4.69) is 5.43 Å². The molecule has 11 heavy (non-hydrogen) atoms. The summed E-state index contributed by atoms with van der Waals surface area (Å²) in [6.45, 7) is 0.